The van der Waals surface area contributed by atoms with Crippen molar-refractivity contribution in [1.82, 2.24) is 4.98 Å². The molecule has 2 heterocycles. The first-order chi connectivity index (χ1) is 8.84. The summed E-state index contributed by atoms with van der Waals surface area (Å²) in [6.45, 7) is 2.03. The fourth-order valence-corrected chi connectivity index (χ4v) is 1.80. The lowest BCUT2D eigenvalue weighted by atomic mass is 10.2. The molecule has 0 radical (unpaired) electrons. The lowest BCUT2D eigenvalue weighted by Gasteiger charge is -2.22. The second-order valence-electron chi connectivity index (χ2n) is 4.27. The van der Waals surface area contributed by atoms with Crippen molar-refractivity contribution in [3.05, 3.63) is 18.2 Å². The van der Waals surface area contributed by atoms with Gasteiger partial charge in [0.1, 0.15) is 5.82 Å². The van der Waals surface area contributed by atoms with Crippen molar-refractivity contribution in [2.45, 2.75) is 32.0 Å². The zero-order valence-corrected chi connectivity index (χ0v) is 10.5. The summed E-state index contributed by atoms with van der Waals surface area (Å²) in [4.78, 5) is 4.05. The first kappa shape index (κ1) is 13.1. The molecule has 100 valence electrons. The highest BCUT2D eigenvalue weighted by atomic mass is 16.7. The van der Waals surface area contributed by atoms with E-state index >= 15 is 0 Å². The van der Waals surface area contributed by atoms with E-state index in [0.717, 1.165) is 25.9 Å². The largest absolute Gasteiger partial charge is 0.478 e. The SMILES string of the molecule is Nc1cccc(OCCCOC2CCCCO2)n1. The molecule has 0 aromatic carbocycles. The van der Waals surface area contributed by atoms with Crippen molar-refractivity contribution < 1.29 is 14.2 Å². The molecule has 1 saturated heterocycles. The Bertz CT molecular complexity index is 354. The van der Waals surface area contributed by atoms with Crippen LogP contribution in [0, 0.1) is 0 Å². The Labute approximate surface area is 107 Å². The third-order valence-electron chi connectivity index (χ3n) is 2.73. The average Bonchev–Trinajstić information content (AvgIpc) is 2.40. The first-order valence-electron chi connectivity index (χ1n) is 6.43. The Morgan fingerprint density at radius 3 is 3.06 bits per heavy atom. The number of rotatable bonds is 6. The van der Waals surface area contributed by atoms with Gasteiger partial charge in [-0.15, -0.1) is 0 Å². The second kappa shape index (κ2) is 7.18. The average molecular weight is 252 g/mol. The van der Waals surface area contributed by atoms with Crippen LogP contribution in [0.5, 0.6) is 5.88 Å². The third-order valence-corrected chi connectivity index (χ3v) is 2.73. The summed E-state index contributed by atoms with van der Waals surface area (Å²) in [6.07, 6.45) is 4.12. The van der Waals surface area contributed by atoms with E-state index in [1.165, 1.54) is 6.42 Å². The van der Waals surface area contributed by atoms with Crippen LogP contribution in [0.1, 0.15) is 25.7 Å². The van der Waals surface area contributed by atoms with E-state index in [4.69, 9.17) is 19.9 Å². The van der Waals surface area contributed by atoms with Crippen molar-refractivity contribution in [2.24, 2.45) is 0 Å². The minimum absolute atomic E-state index is 0.0238. The summed E-state index contributed by atoms with van der Waals surface area (Å²) < 4.78 is 16.5. The maximum Gasteiger partial charge on any atom is 0.215 e. The molecular weight excluding hydrogens is 232 g/mol. The van der Waals surface area contributed by atoms with Crippen LogP contribution < -0.4 is 10.5 Å². The molecule has 0 saturated carbocycles. The van der Waals surface area contributed by atoms with Crippen LogP contribution in [0.3, 0.4) is 0 Å². The molecule has 0 bridgehead atoms. The number of pyridine rings is 1. The number of ether oxygens (including phenoxy) is 3. The van der Waals surface area contributed by atoms with Gasteiger partial charge in [-0.3, -0.25) is 0 Å². The molecule has 5 nitrogen and oxygen atoms in total. The van der Waals surface area contributed by atoms with Crippen molar-refractivity contribution in [3.8, 4) is 5.88 Å². The summed E-state index contributed by atoms with van der Waals surface area (Å²) in [7, 11) is 0. The van der Waals surface area contributed by atoms with Crippen LogP contribution in [0.25, 0.3) is 0 Å². The van der Waals surface area contributed by atoms with Gasteiger partial charge in [0.05, 0.1) is 13.2 Å². The summed E-state index contributed by atoms with van der Waals surface area (Å²) in [5.41, 5.74) is 5.55. The van der Waals surface area contributed by atoms with Gasteiger partial charge in [0.2, 0.25) is 5.88 Å². The van der Waals surface area contributed by atoms with Gasteiger partial charge in [0.15, 0.2) is 6.29 Å². The van der Waals surface area contributed by atoms with Crippen LogP contribution in [0.15, 0.2) is 18.2 Å². The molecule has 1 unspecified atom stereocenters. The Morgan fingerprint density at radius 1 is 1.33 bits per heavy atom. The van der Waals surface area contributed by atoms with E-state index in [0.29, 0.717) is 24.9 Å². The lowest BCUT2D eigenvalue weighted by molar-refractivity contribution is -0.163. The summed E-state index contributed by atoms with van der Waals surface area (Å²) in [5, 5.41) is 0. The van der Waals surface area contributed by atoms with Gasteiger partial charge in [-0.05, 0) is 25.3 Å². The van der Waals surface area contributed by atoms with Crippen LogP contribution in [0.2, 0.25) is 0 Å². The minimum atomic E-state index is -0.0238. The highest BCUT2D eigenvalue weighted by Gasteiger charge is 2.13. The molecule has 1 aromatic heterocycles. The maximum absolute atomic E-state index is 5.60. The molecule has 0 spiro atoms. The number of hydrogen-bond acceptors (Lipinski definition) is 5. The van der Waals surface area contributed by atoms with E-state index in [1.54, 1.807) is 12.1 Å². The molecular formula is C13H20N2O3. The summed E-state index contributed by atoms with van der Waals surface area (Å²) >= 11 is 0. The summed E-state index contributed by atoms with van der Waals surface area (Å²) in [6, 6.07) is 5.35. The topological polar surface area (TPSA) is 66.6 Å². The van der Waals surface area contributed by atoms with Gasteiger partial charge in [-0.2, -0.15) is 4.98 Å². The smallest absolute Gasteiger partial charge is 0.215 e. The van der Waals surface area contributed by atoms with Crippen LogP contribution in [-0.4, -0.2) is 31.1 Å². The standard InChI is InChI=1S/C13H20N2O3/c14-11-5-3-6-12(15-11)16-9-4-10-18-13-7-1-2-8-17-13/h3,5-6,13H,1-2,4,7-10H2,(H2,14,15). The van der Waals surface area contributed by atoms with Crippen molar-refractivity contribution in [1.29, 1.82) is 0 Å². The van der Waals surface area contributed by atoms with Crippen molar-refractivity contribution in [2.75, 3.05) is 25.6 Å². The van der Waals surface area contributed by atoms with Gasteiger partial charge in [0.25, 0.3) is 0 Å². The zero-order chi connectivity index (χ0) is 12.6. The number of aromatic nitrogens is 1. The predicted octanol–water partition coefficient (Wildman–Crippen LogP) is 1.98. The number of anilines is 1. The predicted molar refractivity (Wildman–Crippen MR) is 68.3 cm³/mol. The van der Waals surface area contributed by atoms with Gasteiger partial charge in [-0.25, -0.2) is 0 Å². The van der Waals surface area contributed by atoms with Gasteiger partial charge in [0, 0.05) is 19.1 Å². The number of nitrogens with two attached hydrogens (primary N) is 1. The molecule has 2 N–H and O–H groups in total. The van der Waals surface area contributed by atoms with Crippen LogP contribution in [0.4, 0.5) is 5.82 Å². The number of nitrogens with zero attached hydrogens (tertiary/aromatic N) is 1. The zero-order valence-electron chi connectivity index (χ0n) is 10.5. The number of nitrogen functional groups attached to an aromatic ring is 1. The Balaban J connectivity index is 1.55. The molecule has 5 heteroatoms. The highest BCUT2D eigenvalue weighted by molar-refractivity contribution is 5.30. The van der Waals surface area contributed by atoms with Crippen LogP contribution in [-0.2, 0) is 9.47 Å². The Hall–Kier alpha value is -1.33. The van der Waals surface area contributed by atoms with E-state index in [1.807, 2.05) is 6.07 Å². The minimum Gasteiger partial charge on any atom is -0.478 e. The number of hydrogen-bond donors (Lipinski definition) is 1. The quantitative estimate of drug-likeness (QED) is 0.784. The van der Waals surface area contributed by atoms with E-state index in [2.05, 4.69) is 4.98 Å². The molecule has 0 amide bonds. The molecule has 1 aromatic rings. The summed E-state index contributed by atoms with van der Waals surface area (Å²) in [5.74, 6) is 1.03. The molecule has 1 atom stereocenters. The molecule has 1 fully saturated rings. The Kier molecular flexibility index (Phi) is 5.23. The van der Waals surface area contributed by atoms with Crippen LogP contribution >= 0.6 is 0 Å². The first-order valence-corrected chi connectivity index (χ1v) is 6.43. The lowest BCUT2D eigenvalue weighted by Crippen LogP contribution is -2.23. The molecule has 0 aliphatic carbocycles. The van der Waals surface area contributed by atoms with Gasteiger partial charge in [-0.1, -0.05) is 6.07 Å². The fraction of sp³-hybridized carbons (Fsp3) is 0.615. The molecule has 1 aliphatic heterocycles. The molecule has 2 rings (SSSR count). The second-order valence-corrected chi connectivity index (χ2v) is 4.27. The molecule has 18 heavy (non-hydrogen) atoms. The van der Waals surface area contributed by atoms with E-state index < -0.39 is 0 Å². The van der Waals surface area contributed by atoms with E-state index in [9.17, 15) is 0 Å². The monoisotopic (exact) mass is 252 g/mol. The van der Waals surface area contributed by atoms with Crippen molar-refractivity contribution in [3.63, 3.8) is 0 Å². The van der Waals surface area contributed by atoms with Gasteiger partial charge >= 0.3 is 0 Å². The molecule has 1 aliphatic rings. The normalized spacial score (nSPS) is 19.7. The maximum atomic E-state index is 5.60. The fourth-order valence-electron chi connectivity index (χ4n) is 1.80. The van der Waals surface area contributed by atoms with E-state index in [-0.39, 0.29) is 6.29 Å². The van der Waals surface area contributed by atoms with Gasteiger partial charge < -0.3 is 19.9 Å². The van der Waals surface area contributed by atoms with Crippen molar-refractivity contribution >= 4 is 5.82 Å². The highest BCUT2D eigenvalue weighted by Crippen LogP contribution is 2.14. The third kappa shape index (κ3) is 4.50. The Morgan fingerprint density at radius 2 is 2.28 bits per heavy atom.